The van der Waals surface area contributed by atoms with Gasteiger partial charge in [0, 0.05) is 92.9 Å². The minimum Gasteiger partial charge on any atom is -0.370 e. The molecule has 1 aliphatic rings. The van der Waals surface area contributed by atoms with Gasteiger partial charge in [-0.1, -0.05) is 30.7 Å². The number of para-hydroxylation sites is 1. The lowest BCUT2D eigenvalue weighted by Gasteiger charge is -2.27. The van der Waals surface area contributed by atoms with Crippen LogP contribution in [-0.4, -0.2) is 123 Å². The fourth-order valence-electron chi connectivity index (χ4n) is 9.29. The number of halogens is 2. The van der Waals surface area contributed by atoms with E-state index < -0.39 is 120 Å². The second kappa shape index (κ2) is 30.4. The highest BCUT2D eigenvalue weighted by Gasteiger charge is 2.35. The number of nitrogens with two attached hydrogens (primary N) is 5. The van der Waals surface area contributed by atoms with Crippen molar-refractivity contribution in [2.24, 2.45) is 50.5 Å². The minimum atomic E-state index is -1.56. The first kappa shape index (κ1) is 61.3. The fourth-order valence-corrected chi connectivity index (χ4v) is 9.29. The molecule has 1 saturated heterocycles. The number of H-pyrrole nitrogens is 2. The zero-order valence-corrected chi connectivity index (χ0v) is 44.0. The minimum absolute atomic E-state index is 0.00861. The molecule has 0 aliphatic carbocycles. The Labute approximate surface area is 454 Å². The standard InChI is InChI=1S/C53H71F2N15O9/c1-29(71)66-41(13-7-19-63-53(59)60)49(77)68-42-12-4-2-9-35(72)15-17-40(47(56)75)67-48(76)32(22-33-26-64-39-11-5-3-10-36(33)39)24-45(73)31(8-6-18-62-52(57)58)23-46(74)43(21-30-14-16-37(54)38(55)20-30)69-51(79)44(70-50(42)78)25-34-27-61-28-65-34/h3,5,10-11,14,16,20,26-28,31-32,40-44,64H,2,4,6-9,12-13,15,17-19,21-25H2,1H3,(H2,56,75)(H,61,65)(H,66,71)(H,67,76)(H,68,77)(H,69,79)(H,70,78)(H4,57,58,62)(H4,59,60,63)/t31-,32-,40+,41-,42+,43-,44+/m1/s1. The van der Waals surface area contributed by atoms with Gasteiger partial charge in [0.05, 0.1) is 12.4 Å². The number of ketones is 3. The molecule has 5 rings (SSSR count). The van der Waals surface area contributed by atoms with Crippen molar-refractivity contribution in [3.05, 3.63) is 89.6 Å². The molecule has 26 heteroatoms. The molecule has 24 nitrogen and oxygen atoms in total. The molecule has 7 atom stereocenters. The van der Waals surface area contributed by atoms with Gasteiger partial charge in [-0.25, -0.2) is 13.8 Å². The van der Waals surface area contributed by atoms with Crippen molar-refractivity contribution >= 4 is 75.6 Å². The summed E-state index contributed by atoms with van der Waals surface area (Å²) >= 11 is 0. The van der Waals surface area contributed by atoms with Crippen LogP contribution in [0.15, 0.2) is 71.2 Å². The Hall–Kier alpha value is -8.58. The van der Waals surface area contributed by atoms with Crippen LogP contribution in [-0.2, 0) is 62.4 Å². The summed E-state index contributed by atoms with van der Waals surface area (Å²) in [4.78, 5) is 144. The molecule has 6 amide bonds. The number of primary amides is 1. The predicted octanol–water partition coefficient (Wildman–Crippen LogP) is 0.308. The number of carbonyl (C=O) groups excluding carboxylic acids is 9. The summed E-state index contributed by atoms with van der Waals surface area (Å²) in [6.07, 6.45) is 2.91. The largest absolute Gasteiger partial charge is 0.370 e. The van der Waals surface area contributed by atoms with Gasteiger partial charge in [-0.05, 0) is 87.1 Å². The molecule has 0 radical (unpaired) electrons. The van der Waals surface area contributed by atoms with Gasteiger partial charge < -0.3 is 65.2 Å². The summed E-state index contributed by atoms with van der Waals surface area (Å²) in [6, 6.07) is 3.21. The van der Waals surface area contributed by atoms with Crippen LogP contribution in [0.1, 0.15) is 101 Å². The van der Waals surface area contributed by atoms with Crippen LogP contribution in [0.2, 0.25) is 0 Å². The molecule has 3 heterocycles. The normalized spacial score (nSPS) is 20.9. The topological polar surface area (TPSA) is 413 Å². The van der Waals surface area contributed by atoms with E-state index in [2.05, 4.69) is 51.5 Å². The van der Waals surface area contributed by atoms with Crippen LogP contribution in [0.25, 0.3) is 10.9 Å². The molecule has 2 aromatic heterocycles. The predicted molar refractivity (Wildman–Crippen MR) is 288 cm³/mol. The quantitative estimate of drug-likeness (QED) is 0.0363. The molecule has 0 bridgehead atoms. The first-order chi connectivity index (χ1) is 37.7. The van der Waals surface area contributed by atoms with Crippen LogP contribution in [0.3, 0.4) is 0 Å². The van der Waals surface area contributed by atoms with Crippen molar-refractivity contribution in [1.82, 2.24) is 41.5 Å². The molecular formula is C53H71F2N15O9. The summed E-state index contributed by atoms with van der Waals surface area (Å²) in [6.45, 7) is 1.35. The molecule has 0 unspecified atom stereocenters. The van der Waals surface area contributed by atoms with E-state index in [9.17, 15) is 51.9 Å². The fraction of sp³-hybridized carbons (Fsp3) is 0.472. The number of aliphatic imine (C=N–C) groups is 2. The third-order valence-electron chi connectivity index (χ3n) is 13.5. The molecule has 17 N–H and O–H groups in total. The van der Waals surface area contributed by atoms with Gasteiger partial charge >= 0.3 is 0 Å². The van der Waals surface area contributed by atoms with Crippen molar-refractivity contribution in [2.45, 2.75) is 133 Å². The van der Waals surface area contributed by atoms with Gasteiger partial charge in [-0.15, -0.1) is 0 Å². The lowest BCUT2D eigenvalue weighted by Crippen LogP contribution is -2.58. The molecule has 1 aliphatic heterocycles. The second-order valence-corrected chi connectivity index (χ2v) is 19.7. The summed E-state index contributed by atoms with van der Waals surface area (Å²) < 4.78 is 29.0. The van der Waals surface area contributed by atoms with E-state index in [1.165, 1.54) is 25.5 Å². The van der Waals surface area contributed by atoms with Crippen molar-refractivity contribution in [3.8, 4) is 0 Å². The van der Waals surface area contributed by atoms with E-state index in [4.69, 9.17) is 28.7 Å². The number of rotatable bonds is 18. The SMILES string of the molecule is CC(=O)N[C@H](CCCN=C(N)N)C(=O)N[C@H]1CCCCC(=O)CC[C@@H](C(N)=O)NC(=O)[C@H](Cc2c[nH]c3ccccc23)CC(=O)[C@H](CCCN=C(N)N)CC(=O)[C@@H](Cc2ccc(F)c(F)c2)NC(=O)[C@H](Cc2cnc[nH]2)NC1=O. The maximum Gasteiger partial charge on any atom is 0.243 e. The Balaban J connectivity index is 1.57. The van der Waals surface area contributed by atoms with Crippen molar-refractivity contribution < 1.29 is 51.9 Å². The Morgan fingerprint density at radius 3 is 2.14 bits per heavy atom. The molecule has 0 saturated carbocycles. The number of carbonyl (C=O) groups is 9. The third kappa shape index (κ3) is 20.1. The number of aromatic amines is 2. The first-order valence-electron chi connectivity index (χ1n) is 26.1. The molecule has 0 spiro atoms. The maximum absolute atomic E-state index is 14.9. The van der Waals surface area contributed by atoms with Gasteiger partial charge in [-0.2, -0.15) is 0 Å². The second-order valence-electron chi connectivity index (χ2n) is 19.7. The average Bonchev–Trinajstić information content (AvgIpc) is 4.15. The summed E-state index contributed by atoms with van der Waals surface area (Å²) in [5, 5.41) is 14.0. The van der Waals surface area contributed by atoms with E-state index in [1.54, 1.807) is 12.3 Å². The number of Topliss-reactive ketones (excluding diaryl/α,β-unsaturated/α-hetero) is 3. The Kier molecular flexibility index (Phi) is 23.6. The van der Waals surface area contributed by atoms with E-state index in [-0.39, 0.29) is 113 Å². The van der Waals surface area contributed by atoms with Crippen molar-refractivity contribution in [3.63, 3.8) is 0 Å². The van der Waals surface area contributed by atoms with Crippen LogP contribution in [0.4, 0.5) is 8.78 Å². The number of fused-ring (bicyclic) bond motifs is 1. The zero-order chi connectivity index (χ0) is 57.6. The van der Waals surface area contributed by atoms with Gasteiger partial charge in [0.25, 0.3) is 0 Å². The molecule has 426 valence electrons. The number of hydrogen-bond donors (Lipinski definition) is 12. The first-order valence-corrected chi connectivity index (χ1v) is 26.1. The van der Waals surface area contributed by atoms with Crippen LogP contribution in [0, 0.1) is 23.5 Å². The molecule has 2 aromatic carbocycles. The summed E-state index contributed by atoms with van der Waals surface area (Å²) in [5.41, 5.74) is 29.7. The number of hydrogen-bond acceptors (Lipinski definition) is 12. The molecule has 4 aromatic rings. The van der Waals surface area contributed by atoms with Crippen LogP contribution in [0.5, 0.6) is 0 Å². The van der Waals surface area contributed by atoms with E-state index >= 15 is 0 Å². The van der Waals surface area contributed by atoms with E-state index in [0.717, 1.165) is 23.0 Å². The Morgan fingerprint density at radius 1 is 0.747 bits per heavy atom. The number of benzene rings is 2. The van der Waals surface area contributed by atoms with Gasteiger partial charge in [-0.3, -0.25) is 53.1 Å². The zero-order valence-electron chi connectivity index (χ0n) is 44.0. The highest BCUT2D eigenvalue weighted by Crippen LogP contribution is 2.27. The summed E-state index contributed by atoms with van der Waals surface area (Å²) in [7, 11) is 0. The lowest BCUT2D eigenvalue weighted by molar-refractivity contribution is -0.135. The van der Waals surface area contributed by atoms with Gasteiger partial charge in [0.1, 0.15) is 35.7 Å². The number of nitrogens with zero attached hydrogens (tertiary/aromatic N) is 3. The third-order valence-corrected chi connectivity index (χ3v) is 13.5. The highest BCUT2D eigenvalue weighted by molar-refractivity contribution is 5.98. The number of amides is 6. The summed E-state index contributed by atoms with van der Waals surface area (Å²) in [5.74, 6) is -11.6. The van der Waals surface area contributed by atoms with Crippen LogP contribution >= 0.6 is 0 Å². The van der Waals surface area contributed by atoms with E-state index in [1.807, 2.05) is 18.2 Å². The molecular weight excluding hydrogens is 1030 g/mol. The van der Waals surface area contributed by atoms with E-state index in [0.29, 0.717) is 11.3 Å². The monoisotopic (exact) mass is 1100 g/mol. The van der Waals surface area contributed by atoms with Crippen molar-refractivity contribution in [1.29, 1.82) is 0 Å². The Bertz CT molecular complexity index is 2850. The molecule has 79 heavy (non-hydrogen) atoms. The Morgan fingerprint density at radius 2 is 1.46 bits per heavy atom. The van der Waals surface area contributed by atoms with Crippen LogP contribution < -0.4 is 55.3 Å². The molecule has 1 fully saturated rings. The smallest absolute Gasteiger partial charge is 0.243 e. The lowest BCUT2D eigenvalue weighted by atomic mass is 9.83. The number of aromatic nitrogens is 3. The highest BCUT2D eigenvalue weighted by atomic mass is 19.2. The van der Waals surface area contributed by atoms with Gasteiger partial charge in [0.15, 0.2) is 29.3 Å². The number of imidazole rings is 1. The number of nitrogens with one attached hydrogen (secondary N) is 7. The van der Waals surface area contributed by atoms with Crippen molar-refractivity contribution in [2.75, 3.05) is 13.1 Å². The average molecular weight is 1100 g/mol. The maximum atomic E-state index is 14.9. The number of guanidine groups is 2. The van der Waals surface area contributed by atoms with Gasteiger partial charge in [0.2, 0.25) is 35.4 Å².